The molecule has 1 atom stereocenters. The van der Waals surface area contributed by atoms with E-state index in [1.165, 1.54) is 5.56 Å². The molecule has 1 aromatic carbocycles. The van der Waals surface area contributed by atoms with Crippen LogP contribution in [0.4, 0.5) is 0 Å². The first-order valence-electron chi connectivity index (χ1n) is 6.41. The maximum Gasteiger partial charge on any atom is 0.119 e. The Balaban J connectivity index is 1.70. The van der Waals surface area contributed by atoms with E-state index >= 15 is 0 Å². The average Bonchev–Trinajstić information content (AvgIpc) is 2.39. The van der Waals surface area contributed by atoms with Crippen molar-refractivity contribution in [2.75, 3.05) is 39.5 Å². The van der Waals surface area contributed by atoms with Gasteiger partial charge in [-0.1, -0.05) is 17.7 Å². The number of aliphatic hydroxyl groups is 1. The number of β-amino-alcohol motifs (C(OH)–C–C–N with tert-alkyl or cyclic N) is 1. The topological polar surface area (TPSA) is 41.9 Å². The van der Waals surface area contributed by atoms with Crippen LogP contribution in [0.5, 0.6) is 5.75 Å². The highest BCUT2D eigenvalue weighted by Crippen LogP contribution is 2.11. The maximum absolute atomic E-state index is 9.91. The van der Waals surface area contributed by atoms with Gasteiger partial charge >= 0.3 is 0 Å². The van der Waals surface area contributed by atoms with Gasteiger partial charge in [-0.2, -0.15) is 0 Å². The van der Waals surface area contributed by atoms with Crippen LogP contribution in [0.15, 0.2) is 24.3 Å². The molecule has 1 aliphatic heterocycles. The molecule has 4 heteroatoms. The van der Waals surface area contributed by atoms with Crippen LogP contribution in [0.2, 0.25) is 0 Å². The van der Waals surface area contributed by atoms with Gasteiger partial charge in [-0.25, -0.2) is 0 Å². The molecule has 1 N–H and O–H groups in total. The fourth-order valence-corrected chi connectivity index (χ4v) is 1.96. The van der Waals surface area contributed by atoms with Gasteiger partial charge in [0.25, 0.3) is 0 Å². The highest BCUT2D eigenvalue weighted by molar-refractivity contribution is 5.26. The van der Waals surface area contributed by atoms with Gasteiger partial charge in [0.15, 0.2) is 0 Å². The van der Waals surface area contributed by atoms with Gasteiger partial charge in [0, 0.05) is 19.6 Å². The van der Waals surface area contributed by atoms with Crippen molar-refractivity contribution in [3.05, 3.63) is 29.8 Å². The number of morpholine rings is 1. The zero-order valence-corrected chi connectivity index (χ0v) is 10.8. The Bertz CT molecular complexity index is 347. The van der Waals surface area contributed by atoms with Crippen LogP contribution in [0.3, 0.4) is 0 Å². The normalized spacial score (nSPS) is 18.6. The predicted octanol–water partition coefficient (Wildman–Crippen LogP) is 1.07. The third-order valence-electron chi connectivity index (χ3n) is 3.04. The molecule has 1 aliphatic rings. The predicted molar refractivity (Wildman–Crippen MR) is 69.9 cm³/mol. The molecule has 0 unspecified atom stereocenters. The molecule has 1 aromatic rings. The summed E-state index contributed by atoms with van der Waals surface area (Å²) < 4.78 is 10.8. The van der Waals surface area contributed by atoms with Gasteiger partial charge in [0.1, 0.15) is 18.5 Å². The largest absolute Gasteiger partial charge is 0.491 e. The average molecular weight is 251 g/mol. The first kappa shape index (κ1) is 13.3. The molecule has 4 nitrogen and oxygen atoms in total. The second kappa shape index (κ2) is 6.73. The van der Waals surface area contributed by atoms with Gasteiger partial charge in [-0.3, -0.25) is 4.90 Å². The lowest BCUT2D eigenvalue weighted by molar-refractivity contribution is 0.00465. The molecule has 0 bridgehead atoms. The van der Waals surface area contributed by atoms with Crippen molar-refractivity contribution in [3.63, 3.8) is 0 Å². The van der Waals surface area contributed by atoms with Gasteiger partial charge in [0.2, 0.25) is 0 Å². The van der Waals surface area contributed by atoms with E-state index in [1.807, 2.05) is 31.2 Å². The van der Waals surface area contributed by atoms with Gasteiger partial charge in [-0.05, 0) is 19.1 Å². The zero-order valence-electron chi connectivity index (χ0n) is 10.8. The van der Waals surface area contributed by atoms with Gasteiger partial charge < -0.3 is 14.6 Å². The summed E-state index contributed by atoms with van der Waals surface area (Å²) in [4.78, 5) is 2.20. The Kier molecular flexibility index (Phi) is 4.99. The standard InChI is InChI=1S/C14H21NO3/c1-12-2-4-14(5-3-12)18-11-13(16)10-15-6-8-17-9-7-15/h2-5,13,16H,6-11H2,1H3/t13-/m0/s1. The molecule has 1 heterocycles. The van der Waals surface area contributed by atoms with Crippen LogP contribution in [-0.2, 0) is 4.74 Å². The van der Waals surface area contributed by atoms with Crippen molar-refractivity contribution in [2.24, 2.45) is 0 Å². The Morgan fingerprint density at radius 3 is 2.61 bits per heavy atom. The number of rotatable bonds is 5. The van der Waals surface area contributed by atoms with Crippen molar-refractivity contribution in [2.45, 2.75) is 13.0 Å². The quantitative estimate of drug-likeness (QED) is 0.850. The molecule has 1 saturated heterocycles. The molecule has 0 aliphatic carbocycles. The molecule has 0 spiro atoms. The number of hydrogen-bond donors (Lipinski definition) is 1. The highest BCUT2D eigenvalue weighted by atomic mass is 16.5. The van der Waals surface area contributed by atoms with Crippen LogP contribution in [0.25, 0.3) is 0 Å². The number of aryl methyl sites for hydroxylation is 1. The smallest absolute Gasteiger partial charge is 0.119 e. The lowest BCUT2D eigenvalue weighted by Crippen LogP contribution is -2.42. The van der Waals surface area contributed by atoms with Crippen molar-refractivity contribution in [3.8, 4) is 5.75 Å². The van der Waals surface area contributed by atoms with E-state index < -0.39 is 6.10 Å². The Morgan fingerprint density at radius 2 is 1.94 bits per heavy atom. The lowest BCUT2D eigenvalue weighted by Gasteiger charge is -2.28. The van der Waals surface area contributed by atoms with Crippen molar-refractivity contribution in [1.82, 2.24) is 4.90 Å². The number of nitrogens with zero attached hydrogens (tertiary/aromatic N) is 1. The number of hydrogen-bond acceptors (Lipinski definition) is 4. The summed E-state index contributed by atoms with van der Waals surface area (Å²) >= 11 is 0. The molecule has 1 fully saturated rings. The fourth-order valence-electron chi connectivity index (χ4n) is 1.96. The van der Waals surface area contributed by atoms with Crippen LogP contribution < -0.4 is 4.74 Å². The second-order valence-corrected chi connectivity index (χ2v) is 4.69. The minimum absolute atomic E-state index is 0.334. The monoisotopic (exact) mass is 251 g/mol. The number of aliphatic hydroxyl groups excluding tert-OH is 1. The molecule has 18 heavy (non-hydrogen) atoms. The zero-order chi connectivity index (χ0) is 12.8. The summed E-state index contributed by atoms with van der Waals surface area (Å²) in [6, 6.07) is 7.86. The van der Waals surface area contributed by atoms with E-state index in [0.717, 1.165) is 32.1 Å². The van der Waals surface area contributed by atoms with E-state index in [-0.39, 0.29) is 0 Å². The van der Waals surface area contributed by atoms with Crippen LogP contribution >= 0.6 is 0 Å². The number of benzene rings is 1. The van der Waals surface area contributed by atoms with E-state index in [0.29, 0.717) is 13.2 Å². The summed E-state index contributed by atoms with van der Waals surface area (Å²) in [6.07, 6.45) is -0.454. The lowest BCUT2D eigenvalue weighted by atomic mass is 10.2. The van der Waals surface area contributed by atoms with E-state index in [1.54, 1.807) is 0 Å². The Morgan fingerprint density at radius 1 is 1.28 bits per heavy atom. The molecule has 0 amide bonds. The van der Waals surface area contributed by atoms with Gasteiger partial charge in [-0.15, -0.1) is 0 Å². The molecule has 2 rings (SSSR count). The summed E-state index contributed by atoms with van der Waals surface area (Å²) in [7, 11) is 0. The third-order valence-corrected chi connectivity index (χ3v) is 3.04. The molecule has 0 aromatic heterocycles. The molecule has 0 radical (unpaired) electrons. The first-order valence-corrected chi connectivity index (χ1v) is 6.41. The van der Waals surface area contributed by atoms with E-state index in [2.05, 4.69) is 4.90 Å². The second-order valence-electron chi connectivity index (χ2n) is 4.69. The maximum atomic E-state index is 9.91. The SMILES string of the molecule is Cc1ccc(OC[C@@H](O)CN2CCOCC2)cc1. The summed E-state index contributed by atoms with van der Waals surface area (Å²) in [5, 5.41) is 9.91. The first-order chi connectivity index (χ1) is 8.74. The highest BCUT2D eigenvalue weighted by Gasteiger charge is 2.15. The van der Waals surface area contributed by atoms with Crippen molar-refractivity contribution >= 4 is 0 Å². The molecular formula is C14H21NO3. The van der Waals surface area contributed by atoms with Gasteiger partial charge in [0.05, 0.1) is 13.2 Å². The molecular weight excluding hydrogens is 230 g/mol. The summed E-state index contributed by atoms with van der Waals surface area (Å²) in [6.45, 7) is 6.31. The summed E-state index contributed by atoms with van der Waals surface area (Å²) in [5.74, 6) is 0.807. The fraction of sp³-hybridized carbons (Fsp3) is 0.571. The van der Waals surface area contributed by atoms with Crippen molar-refractivity contribution in [1.29, 1.82) is 0 Å². The molecule has 0 saturated carbocycles. The Hall–Kier alpha value is -1.10. The Labute approximate surface area is 108 Å². The van der Waals surface area contributed by atoms with Crippen LogP contribution in [0.1, 0.15) is 5.56 Å². The van der Waals surface area contributed by atoms with E-state index in [9.17, 15) is 5.11 Å². The van der Waals surface area contributed by atoms with Crippen LogP contribution in [-0.4, -0.2) is 55.6 Å². The minimum Gasteiger partial charge on any atom is -0.491 e. The van der Waals surface area contributed by atoms with Crippen molar-refractivity contribution < 1.29 is 14.6 Å². The molecule has 100 valence electrons. The van der Waals surface area contributed by atoms with Crippen LogP contribution in [0, 0.1) is 6.92 Å². The minimum atomic E-state index is -0.454. The summed E-state index contributed by atoms with van der Waals surface area (Å²) in [5.41, 5.74) is 1.20. The third kappa shape index (κ3) is 4.29. The number of ether oxygens (including phenoxy) is 2. The van der Waals surface area contributed by atoms with E-state index in [4.69, 9.17) is 9.47 Å².